The van der Waals surface area contributed by atoms with E-state index in [1.54, 1.807) is 17.2 Å². The van der Waals surface area contributed by atoms with Crippen molar-refractivity contribution in [2.24, 2.45) is 0 Å². The molecule has 2 bridgehead atoms. The molecule has 0 N–H and O–H groups in total. The zero-order valence-corrected chi connectivity index (χ0v) is 10.7. The molecule has 2 aliphatic heterocycles. The van der Waals surface area contributed by atoms with E-state index in [0.29, 0.717) is 5.15 Å². The van der Waals surface area contributed by atoms with Crippen molar-refractivity contribution in [2.45, 2.75) is 24.4 Å². The van der Waals surface area contributed by atoms with Gasteiger partial charge in [0.1, 0.15) is 5.15 Å². The topological polar surface area (TPSA) is 42.4 Å². The fourth-order valence-electron chi connectivity index (χ4n) is 2.87. The molecule has 1 aromatic rings. The quantitative estimate of drug-likeness (QED) is 0.578. The molecule has 0 radical (unpaired) electrons. The maximum absolute atomic E-state index is 11.7. The second-order valence-electron chi connectivity index (χ2n) is 4.58. The highest BCUT2D eigenvalue weighted by Gasteiger charge is 2.46. The maximum atomic E-state index is 11.7. The van der Waals surface area contributed by atoms with Gasteiger partial charge in [-0.1, -0.05) is 29.8 Å². The first-order valence-corrected chi connectivity index (χ1v) is 6.24. The third-order valence-corrected chi connectivity index (χ3v) is 3.90. The van der Waals surface area contributed by atoms with E-state index >= 15 is 0 Å². The molecule has 4 nitrogen and oxygen atoms in total. The van der Waals surface area contributed by atoms with Crippen LogP contribution in [0.15, 0.2) is 30.5 Å². The number of hydrogen-bond donors (Lipinski definition) is 0. The monoisotopic (exact) mass is 264 g/mol. The third kappa shape index (κ3) is 1.68. The molecule has 0 spiro atoms. The molecule has 1 amide bonds. The van der Waals surface area contributed by atoms with Gasteiger partial charge < -0.3 is 4.74 Å². The SMILES string of the molecule is COC(=O)N1C2C=CC1C(c1ccc(Cl)nc1)C2. The highest BCUT2D eigenvalue weighted by molar-refractivity contribution is 6.29. The summed E-state index contributed by atoms with van der Waals surface area (Å²) in [4.78, 5) is 17.6. The van der Waals surface area contributed by atoms with E-state index in [1.807, 2.05) is 6.07 Å². The van der Waals surface area contributed by atoms with Crippen LogP contribution in [0.25, 0.3) is 0 Å². The first-order valence-electron chi connectivity index (χ1n) is 5.87. The first-order chi connectivity index (χ1) is 8.70. The van der Waals surface area contributed by atoms with Gasteiger partial charge in [-0.2, -0.15) is 0 Å². The average Bonchev–Trinajstić information content (AvgIpc) is 2.96. The van der Waals surface area contributed by atoms with Crippen LogP contribution < -0.4 is 0 Å². The van der Waals surface area contributed by atoms with Crippen molar-refractivity contribution in [3.8, 4) is 0 Å². The highest BCUT2D eigenvalue weighted by atomic mass is 35.5. The Hall–Kier alpha value is -1.55. The molecule has 3 rings (SSSR count). The zero-order chi connectivity index (χ0) is 12.7. The fourth-order valence-corrected chi connectivity index (χ4v) is 2.98. The molecule has 18 heavy (non-hydrogen) atoms. The molecule has 94 valence electrons. The molecular weight excluding hydrogens is 252 g/mol. The number of hydrogen-bond acceptors (Lipinski definition) is 3. The third-order valence-electron chi connectivity index (χ3n) is 3.68. The number of carbonyl (C=O) groups excluding carboxylic acids is 1. The van der Waals surface area contributed by atoms with Crippen LogP contribution in [0.4, 0.5) is 4.79 Å². The van der Waals surface area contributed by atoms with Crippen molar-refractivity contribution in [1.82, 2.24) is 9.88 Å². The number of nitrogens with zero attached hydrogens (tertiary/aromatic N) is 2. The number of carbonyl (C=O) groups is 1. The van der Waals surface area contributed by atoms with Gasteiger partial charge in [-0.05, 0) is 18.1 Å². The lowest BCUT2D eigenvalue weighted by molar-refractivity contribution is 0.120. The van der Waals surface area contributed by atoms with E-state index in [4.69, 9.17) is 16.3 Å². The Bertz CT molecular complexity index is 500. The summed E-state index contributed by atoms with van der Waals surface area (Å²) in [5, 5.41) is 0.488. The number of pyridine rings is 1. The molecule has 2 aliphatic rings. The smallest absolute Gasteiger partial charge is 0.410 e. The Morgan fingerprint density at radius 3 is 3.00 bits per heavy atom. The van der Waals surface area contributed by atoms with Crippen LogP contribution in [0.1, 0.15) is 17.9 Å². The summed E-state index contributed by atoms with van der Waals surface area (Å²) >= 11 is 5.79. The van der Waals surface area contributed by atoms with Crippen LogP contribution in [-0.4, -0.2) is 35.2 Å². The van der Waals surface area contributed by atoms with Gasteiger partial charge in [0, 0.05) is 12.1 Å². The average molecular weight is 265 g/mol. The van der Waals surface area contributed by atoms with Gasteiger partial charge in [-0.3, -0.25) is 4.90 Å². The molecule has 1 saturated heterocycles. The molecule has 0 aromatic carbocycles. The van der Waals surface area contributed by atoms with Crippen molar-refractivity contribution in [3.05, 3.63) is 41.2 Å². The lowest BCUT2D eigenvalue weighted by Crippen LogP contribution is -2.36. The number of rotatable bonds is 1. The van der Waals surface area contributed by atoms with Gasteiger partial charge in [-0.25, -0.2) is 9.78 Å². The molecule has 3 unspecified atom stereocenters. The normalized spacial score (nSPS) is 28.8. The highest BCUT2D eigenvalue weighted by Crippen LogP contribution is 2.43. The number of halogens is 1. The molecule has 3 atom stereocenters. The first kappa shape index (κ1) is 11.5. The lowest BCUT2D eigenvalue weighted by Gasteiger charge is -2.22. The van der Waals surface area contributed by atoms with E-state index in [9.17, 15) is 4.79 Å². The Morgan fingerprint density at radius 1 is 1.50 bits per heavy atom. The number of fused-ring (bicyclic) bond motifs is 2. The Kier molecular flexibility index (Phi) is 2.74. The zero-order valence-electron chi connectivity index (χ0n) is 9.91. The van der Waals surface area contributed by atoms with E-state index in [-0.39, 0.29) is 24.1 Å². The summed E-state index contributed by atoms with van der Waals surface area (Å²) in [6.07, 6.45) is 6.59. The van der Waals surface area contributed by atoms with Gasteiger partial charge in [0.05, 0.1) is 19.2 Å². The Labute approximate surface area is 110 Å². The second kappa shape index (κ2) is 4.28. The lowest BCUT2D eigenvalue weighted by atomic mass is 9.88. The fraction of sp³-hybridized carbons (Fsp3) is 0.385. The summed E-state index contributed by atoms with van der Waals surface area (Å²) in [5.74, 6) is 0.281. The van der Waals surface area contributed by atoms with E-state index in [2.05, 4.69) is 17.1 Å². The molecule has 0 saturated carbocycles. The number of methoxy groups -OCH3 is 1. The van der Waals surface area contributed by atoms with Crippen molar-refractivity contribution in [2.75, 3.05) is 7.11 Å². The Balaban J connectivity index is 1.87. The number of ether oxygens (including phenoxy) is 1. The van der Waals surface area contributed by atoms with E-state index < -0.39 is 0 Å². The predicted molar refractivity (Wildman–Crippen MR) is 67.6 cm³/mol. The molecular formula is C13H13ClN2O2. The minimum Gasteiger partial charge on any atom is -0.453 e. The van der Waals surface area contributed by atoms with Crippen LogP contribution in [-0.2, 0) is 4.74 Å². The largest absolute Gasteiger partial charge is 0.453 e. The molecule has 0 aliphatic carbocycles. The summed E-state index contributed by atoms with van der Waals surface area (Å²) in [6.45, 7) is 0. The Morgan fingerprint density at radius 2 is 2.33 bits per heavy atom. The standard InChI is InChI=1S/C13H13ClN2O2/c1-18-13(17)16-9-3-4-11(16)10(6-9)8-2-5-12(14)15-7-8/h2-5,7,9-11H,6H2,1H3. The van der Waals surface area contributed by atoms with Crippen molar-refractivity contribution >= 4 is 17.7 Å². The van der Waals surface area contributed by atoms with Crippen molar-refractivity contribution in [1.29, 1.82) is 0 Å². The summed E-state index contributed by atoms with van der Waals surface area (Å²) < 4.78 is 4.83. The summed E-state index contributed by atoms with van der Waals surface area (Å²) in [5.41, 5.74) is 1.12. The van der Waals surface area contributed by atoms with Crippen LogP contribution in [0.5, 0.6) is 0 Å². The molecule has 5 heteroatoms. The second-order valence-corrected chi connectivity index (χ2v) is 4.96. The van der Waals surface area contributed by atoms with Crippen molar-refractivity contribution < 1.29 is 9.53 Å². The van der Waals surface area contributed by atoms with Crippen LogP contribution in [0.3, 0.4) is 0 Å². The summed E-state index contributed by atoms with van der Waals surface area (Å²) in [6, 6.07) is 3.98. The van der Waals surface area contributed by atoms with Crippen LogP contribution in [0, 0.1) is 0 Å². The van der Waals surface area contributed by atoms with E-state index in [0.717, 1.165) is 12.0 Å². The minimum absolute atomic E-state index is 0.0745. The number of amides is 1. The van der Waals surface area contributed by atoms with Gasteiger partial charge in [0.15, 0.2) is 0 Å². The minimum atomic E-state index is -0.264. The van der Waals surface area contributed by atoms with E-state index in [1.165, 1.54) is 7.11 Å². The van der Waals surface area contributed by atoms with Gasteiger partial charge >= 0.3 is 6.09 Å². The van der Waals surface area contributed by atoms with Gasteiger partial charge in [-0.15, -0.1) is 0 Å². The maximum Gasteiger partial charge on any atom is 0.410 e. The van der Waals surface area contributed by atoms with Gasteiger partial charge in [0.2, 0.25) is 0 Å². The molecule has 3 heterocycles. The predicted octanol–water partition coefficient (Wildman–Crippen LogP) is 2.60. The summed E-state index contributed by atoms with van der Waals surface area (Å²) in [7, 11) is 1.42. The molecule has 1 aromatic heterocycles. The molecule has 1 fully saturated rings. The number of aromatic nitrogens is 1. The van der Waals surface area contributed by atoms with Crippen LogP contribution in [0.2, 0.25) is 5.15 Å². The van der Waals surface area contributed by atoms with Crippen molar-refractivity contribution in [3.63, 3.8) is 0 Å². The van der Waals surface area contributed by atoms with Gasteiger partial charge in [0.25, 0.3) is 0 Å². The van der Waals surface area contributed by atoms with Crippen LogP contribution >= 0.6 is 11.6 Å².